The van der Waals surface area contributed by atoms with Crippen molar-refractivity contribution in [1.82, 2.24) is 0 Å². The fourth-order valence-corrected chi connectivity index (χ4v) is 14.0. The maximum absolute atomic E-state index is 15.0. The van der Waals surface area contributed by atoms with Crippen molar-refractivity contribution >= 4 is 77.6 Å². The van der Waals surface area contributed by atoms with Gasteiger partial charge in [-0.15, -0.1) is 0 Å². The van der Waals surface area contributed by atoms with Crippen molar-refractivity contribution in [2.24, 2.45) is 10.8 Å². The lowest BCUT2D eigenvalue weighted by atomic mass is 9.97. The van der Waals surface area contributed by atoms with Gasteiger partial charge in [0.05, 0.1) is 67.5 Å². The zero-order valence-electron chi connectivity index (χ0n) is 71.3. The maximum atomic E-state index is 15.0. The number of hydrogen-bond donors (Lipinski definition) is 0. The summed E-state index contributed by atoms with van der Waals surface area (Å²) >= 11 is 0. The molecule has 4 aliphatic rings. The van der Waals surface area contributed by atoms with Gasteiger partial charge in [0.25, 0.3) is 0 Å². The Morgan fingerprint density at radius 1 is 0.292 bits per heavy atom. The second kappa shape index (κ2) is 43.1. The molecule has 4 saturated heterocycles. The highest BCUT2D eigenvalue weighted by Crippen LogP contribution is 2.41. The standard InChI is InChI=1S/C98H92O32/c1-57(99)116-76-73(70(56-115-95(110)97(2,3)4)120-94-81(127-90(108)66-51-33-16-34-52-66)77(124-87(105)63-45-27-13-28-46-63)72(129-94)67(117-84(102)60-39-21-10-22-40-60)53-112-82(100)58-35-17-8-18-36-58)128-92(80(76)130-96(111)98(5,6)7)114-55-69(71-75(123-86(104)62-43-25-12-26-44-62)78(91(109)122-71)125-88(106)64-47-29-14-30-48-64)119-93-79(126-89(107)65-49-31-15-32-50-65)74(121-85(103)61-41-23-11-24-42-61)68(118-93)54-113-83(101)59-37-19-9-20-38-59/h8-52,67-81,92-94H,53-56H2,1-7H3/t67-,68-,69-,70-,71+,72+,73+,74-,75+,76+,77+,78-,79+,80-,81-,92-,93+,94-/m1/s1. The van der Waals surface area contributed by atoms with E-state index in [-0.39, 0.29) is 50.1 Å². The van der Waals surface area contributed by atoms with E-state index in [9.17, 15) is 57.5 Å². The Bertz CT molecular complexity index is 5410. The van der Waals surface area contributed by atoms with Crippen molar-refractivity contribution < 1.29 is 152 Å². The molecule has 0 N–H and O–H groups in total. The Balaban J connectivity index is 0.946. The number of carbonyl (C=O) groups excluding carboxylic acids is 13. The molecule has 0 saturated carbocycles. The van der Waals surface area contributed by atoms with E-state index in [0.717, 1.165) is 6.92 Å². The molecule has 18 atom stereocenters. The third-order valence-corrected chi connectivity index (χ3v) is 20.6. The summed E-state index contributed by atoms with van der Waals surface area (Å²) in [4.78, 5) is 189. The predicted molar refractivity (Wildman–Crippen MR) is 450 cm³/mol. The average Bonchev–Trinajstić information content (AvgIpc) is 1.65. The highest BCUT2D eigenvalue weighted by atomic mass is 16.8. The van der Waals surface area contributed by atoms with Crippen LogP contribution in [0.15, 0.2) is 273 Å². The van der Waals surface area contributed by atoms with Crippen molar-refractivity contribution in [3.05, 3.63) is 323 Å². The minimum atomic E-state index is -2.20. The minimum Gasteiger partial charge on any atom is -0.462 e. The number of hydrogen-bond acceptors (Lipinski definition) is 32. The first kappa shape index (κ1) is 93.5. The Morgan fingerprint density at radius 3 is 1.01 bits per heavy atom. The lowest BCUT2D eigenvalue weighted by Crippen LogP contribution is -2.51. The SMILES string of the molecule is CC(=O)O[C@H]1[C@H]([C@@H](COC(=O)C(C)(C)C)O[C@@H]2O[C@@H]([C@@H](COC(=O)c3ccccc3)OC(=O)c3ccccc3)[C@H](OC(=O)c3ccccc3)[C@H]2OC(=O)c2ccccc2)O[C@@H](OC[C@@H](O[C@@H]2O[C@H](COC(=O)c3ccccc3)[C@@H](OC(=O)c3ccccc3)[C@@H]2OC(=O)c2ccccc2)[C@@H]2OC(=O)[C@H](OC(=O)c3ccccc3)[C@H]2OC(=O)c2ccccc2)[C@@H]1OC(=O)C(C)(C)C. The van der Waals surface area contributed by atoms with Crippen LogP contribution in [0.5, 0.6) is 0 Å². The van der Waals surface area contributed by atoms with E-state index in [1.807, 2.05) is 0 Å². The quantitative estimate of drug-likeness (QED) is 0.0267. The zero-order valence-corrected chi connectivity index (χ0v) is 71.3. The van der Waals surface area contributed by atoms with E-state index in [0.29, 0.717) is 0 Å². The number of benzene rings is 9. The largest absolute Gasteiger partial charge is 0.462 e. The summed E-state index contributed by atoms with van der Waals surface area (Å²) in [5.74, 6) is -13.8. The average molecular weight is 1780 g/mol. The third kappa shape index (κ3) is 24.0. The van der Waals surface area contributed by atoms with Gasteiger partial charge in [-0.25, -0.2) is 47.9 Å². The van der Waals surface area contributed by atoms with Crippen molar-refractivity contribution in [3.8, 4) is 0 Å². The van der Waals surface area contributed by atoms with Crippen LogP contribution in [-0.4, -0.2) is 214 Å². The topological polar surface area (TPSA) is 397 Å². The molecule has 0 spiro atoms. The zero-order chi connectivity index (χ0) is 92.2. The van der Waals surface area contributed by atoms with Crippen molar-refractivity contribution in [3.63, 3.8) is 0 Å². The van der Waals surface area contributed by atoms with Gasteiger partial charge in [0, 0.05) is 6.92 Å². The lowest BCUT2D eigenvalue weighted by molar-refractivity contribution is -0.261. The fourth-order valence-electron chi connectivity index (χ4n) is 14.0. The van der Waals surface area contributed by atoms with Crippen LogP contribution in [0.3, 0.4) is 0 Å². The normalized spacial score (nSPS) is 22.8. The molecule has 0 aliphatic carbocycles. The first-order valence-electron chi connectivity index (χ1n) is 41.4. The maximum Gasteiger partial charge on any atom is 0.352 e. The van der Waals surface area contributed by atoms with Gasteiger partial charge in [0.1, 0.15) is 50.3 Å². The molecule has 0 bridgehead atoms. The highest BCUT2D eigenvalue weighted by molar-refractivity contribution is 5.95. The third-order valence-electron chi connectivity index (χ3n) is 20.6. The molecule has 0 aromatic heterocycles. The van der Waals surface area contributed by atoms with Gasteiger partial charge in [-0.1, -0.05) is 164 Å². The van der Waals surface area contributed by atoms with Crippen LogP contribution < -0.4 is 0 Å². The summed E-state index contributed by atoms with van der Waals surface area (Å²) in [5, 5.41) is 0. The van der Waals surface area contributed by atoms with Gasteiger partial charge in [-0.3, -0.25) is 14.4 Å². The summed E-state index contributed by atoms with van der Waals surface area (Å²) in [6.07, 6.45) is -36.7. The van der Waals surface area contributed by atoms with Crippen molar-refractivity contribution in [2.45, 2.75) is 159 Å². The summed E-state index contributed by atoms with van der Waals surface area (Å²) in [6.45, 7) is 6.10. The van der Waals surface area contributed by atoms with Crippen LogP contribution in [0.2, 0.25) is 0 Å². The molecule has 130 heavy (non-hydrogen) atoms. The predicted octanol–water partition coefficient (Wildman–Crippen LogP) is 11.6. The molecule has 676 valence electrons. The van der Waals surface area contributed by atoms with Crippen LogP contribution in [0.1, 0.15) is 142 Å². The number of esters is 13. The number of rotatable bonds is 34. The summed E-state index contributed by atoms with van der Waals surface area (Å²) in [5.41, 5.74) is -3.17. The number of cyclic esters (lactones) is 1. The molecule has 0 unspecified atom stereocenters. The second-order valence-electron chi connectivity index (χ2n) is 32.2. The van der Waals surface area contributed by atoms with Gasteiger partial charge < -0.3 is 90.0 Å². The molecule has 9 aromatic carbocycles. The Kier molecular flexibility index (Phi) is 31.0. The smallest absolute Gasteiger partial charge is 0.352 e. The molecule has 32 heteroatoms. The van der Waals surface area contributed by atoms with Crippen molar-refractivity contribution in [1.29, 1.82) is 0 Å². The molecule has 32 nitrogen and oxygen atoms in total. The Labute approximate surface area is 745 Å². The van der Waals surface area contributed by atoms with E-state index >= 15 is 4.79 Å². The van der Waals surface area contributed by atoms with E-state index in [1.54, 1.807) is 78.9 Å². The molecule has 9 aromatic rings. The van der Waals surface area contributed by atoms with Crippen molar-refractivity contribution in [2.75, 3.05) is 26.4 Å². The molecule has 4 aliphatic heterocycles. The van der Waals surface area contributed by atoms with Gasteiger partial charge in [-0.2, -0.15) is 0 Å². The van der Waals surface area contributed by atoms with E-state index in [1.165, 1.54) is 236 Å². The molecule has 4 fully saturated rings. The monoisotopic (exact) mass is 1780 g/mol. The molecule has 0 amide bonds. The molecule has 13 rings (SSSR count). The first-order chi connectivity index (χ1) is 62.5. The molecule has 4 heterocycles. The van der Waals surface area contributed by atoms with E-state index < -0.39 is 225 Å². The summed E-state index contributed by atoms with van der Waals surface area (Å²) in [7, 11) is 0. The molecular weight excluding hydrogens is 1690 g/mol. The minimum absolute atomic E-state index is 0.0266. The first-order valence-corrected chi connectivity index (χ1v) is 41.4. The van der Waals surface area contributed by atoms with E-state index in [2.05, 4.69) is 0 Å². The van der Waals surface area contributed by atoms with Gasteiger partial charge in [0.2, 0.25) is 6.10 Å². The van der Waals surface area contributed by atoms with Gasteiger partial charge in [0.15, 0.2) is 73.8 Å². The Morgan fingerprint density at radius 2 is 0.600 bits per heavy atom. The van der Waals surface area contributed by atoms with Crippen LogP contribution in [-0.2, 0) is 109 Å². The molecular formula is C98H92O32. The summed E-state index contributed by atoms with van der Waals surface area (Å²) in [6, 6.07) is 67.5. The number of carbonyl (C=O) groups is 13. The highest BCUT2D eigenvalue weighted by Gasteiger charge is 2.62. The summed E-state index contributed by atoms with van der Waals surface area (Å²) < 4.78 is 122. The Hall–Kier alpha value is -14.2. The van der Waals surface area contributed by atoms with Crippen LogP contribution >= 0.6 is 0 Å². The van der Waals surface area contributed by atoms with Gasteiger partial charge >= 0.3 is 77.6 Å². The second-order valence-corrected chi connectivity index (χ2v) is 32.2. The number of ether oxygens (including phenoxy) is 19. The van der Waals surface area contributed by atoms with Crippen LogP contribution in [0, 0.1) is 10.8 Å². The lowest BCUT2D eigenvalue weighted by Gasteiger charge is -2.32. The molecule has 0 radical (unpaired) electrons. The van der Waals surface area contributed by atoms with Crippen LogP contribution in [0.4, 0.5) is 0 Å². The van der Waals surface area contributed by atoms with Crippen LogP contribution in [0.25, 0.3) is 0 Å². The fraction of sp³-hybridized carbons (Fsp3) is 0.316. The van der Waals surface area contributed by atoms with E-state index in [4.69, 9.17) is 90.0 Å². The van der Waals surface area contributed by atoms with Gasteiger partial charge in [-0.05, 0) is 151 Å².